The van der Waals surface area contributed by atoms with Crippen molar-refractivity contribution in [1.82, 2.24) is 4.57 Å². The maximum absolute atomic E-state index is 12.3. The summed E-state index contributed by atoms with van der Waals surface area (Å²) in [6.45, 7) is 7.36. The fourth-order valence-corrected chi connectivity index (χ4v) is 3.65. The van der Waals surface area contributed by atoms with Gasteiger partial charge in [0.2, 0.25) is 0 Å². The predicted octanol–water partition coefficient (Wildman–Crippen LogP) is 4.06. The first-order chi connectivity index (χ1) is 8.96. The van der Waals surface area contributed by atoms with Crippen LogP contribution in [0.5, 0.6) is 0 Å². The summed E-state index contributed by atoms with van der Waals surface area (Å²) in [5.74, 6) is 0.304. The highest BCUT2D eigenvalue weighted by Crippen LogP contribution is 2.36. The lowest BCUT2D eigenvalue weighted by Crippen LogP contribution is -2.28. The minimum atomic E-state index is 0.0846. The molecule has 3 rings (SSSR count). The molecule has 0 radical (unpaired) electrons. The second-order valence-electron chi connectivity index (χ2n) is 6.30. The van der Waals surface area contributed by atoms with E-state index in [-0.39, 0.29) is 5.41 Å². The van der Waals surface area contributed by atoms with Gasteiger partial charge in [-0.2, -0.15) is 11.3 Å². The van der Waals surface area contributed by atoms with Gasteiger partial charge in [0.05, 0.1) is 0 Å². The fourth-order valence-electron chi connectivity index (χ4n) is 2.99. The summed E-state index contributed by atoms with van der Waals surface area (Å²) >= 11 is 1.72. The zero-order valence-electron chi connectivity index (χ0n) is 11.7. The topological polar surface area (TPSA) is 22.0 Å². The quantitative estimate of drug-likeness (QED) is 0.808. The molecule has 0 saturated carbocycles. The number of hydrogen-bond acceptors (Lipinski definition) is 2. The van der Waals surface area contributed by atoms with Crippen molar-refractivity contribution in [1.29, 1.82) is 0 Å². The number of carbonyl (C=O) groups is 1. The lowest BCUT2D eigenvalue weighted by molar-refractivity contribution is 0.0910. The van der Waals surface area contributed by atoms with Gasteiger partial charge in [-0.15, -0.1) is 0 Å². The summed E-state index contributed by atoms with van der Waals surface area (Å²) in [5, 5.41) is 4.29. The van der Waals surface area contributed by atoms with Crippen LogP contribution in [-0.2, 0) is 13.0 Å². The van der Waals surface area contributed by atoms with E-state index in [2.05, 4.69) is 48.2 Å². The highest BCUT2D eigenvalue weighted by Gasteiger charge is 2.33. The number of Topliss-reactive ketones (excluding diaryl/α,β-unsaturated/α-hetero) is 1. The maximum Gasteiger partial charge on any atom is 0.165 e. The molecule has 2 aromatic heterocycles. The van der Waals surface area contributed by atoms with Crippen molar-refractivity contribution in [2.45, 2.75) is 40.2 Å². The Bertz CT molecular complexity index is 619. The van der Waals surface area contributed by atoms with E-state index in [0.717, 1.165) is 18.5 Å². The number of ketones is 1. The van der Waals surface area contributed by atoms with Gasteiger partial charge in [0.1, 0.15) is 0 Å². The van der Waals surface area contributed by atoms with Crippen LogP contribution in [0.4, 0.5) is 0 Å². The van der Waals surface area contributed by atoms with Gasteiger partial charge in [0.25, 0.3) is 0 Å². The predicted molar refractivity (Wildman–Crippen MR) is 79.0 cm³/mol. The van der Waals surface area contributed by atoms with Crippen molar-refractivity contribution in [2.24, 2.45) is 5.41 Å². The molecule has 19 heavy (non-hydrogen) atoms. The Morgan fingerprint density at radius 2 is 2.16 bits per heavy atom. The molecule has 0 amide bonds. The number of hydrogen-bond donors (Lipinski definition) is 0. The number of rotatable bonds is 2. The third-order valence-corrected chi connectivity index (χ3v) is 4.65. The highest BCUT2D eigenvalue weighted by molar-refractivity contribution is 7.07. The van der Waals surface area contributed by atoms with Crippen molar-refractivity contribution in [3.05, 3.63) is 45.4 Å². The molecular weight excluding hydrogens is 254 g/mol. The Hall–Kier alpha value is -1.35. The second kappa shape index (κ2) is 4.34. The van der Waals surface area contributed by atoms with Gasteiger partial charge in [0.15, 0.2) is 5.78 Å². The summed E-state index contributed by atoms with van der Waals surface area (Å²) in [4.78, 5) is 12.3. The van der Waals surface area contributed by atoms with E-state index in [1.807, 2.05) is 0 Å². The molecule has 0 atom stereocenters. The second-order valence-corrected chi connectivity index (χ2v) is 7.08. The number of carbonyl (C=O) groups excluding carboxylic acids is 1. The van der Waals surface area contributed by atoms with Gasteiger partial charge in [-0.3, -0.25) is 4.79 Å². The number of aryl methyl sites for hydroxylation is 1. The molecule has 2 heterocycles. The van der Waals surface area contributed by atoms with Crippen LogP contribution in [-0.4, -0.2) is 10.4 Å². The molecule has 1 aliphatic rings. The first-order valence-electron chi connectivity index (χ1n) is 6.69. The molecule has 100 valence electrons. The zero-order valence-corrected chi connectivity index (χ0v) is 12.5. The van der Waals surface area contributed by atoms with Crippen LogP contribution in [0, 0.1) is 12.3 Å². The number of aromatic nitrogens is 1. The summed E-state index contributed by atoms with van der Waals surface area (Å²) in [5.41, 5.74) is 4.78. The molecule has 0 unspecified atom stereocenters. The molecule has 0 spiro atoms. The van der Waals surface area contributed by atoms with E-state index in [1.165, 1.54) is 17.0 Å². The van der Waals surface area contributed by atoms with Crippen molar-refractivity contribution in [3.63, 3.8) is 0 Å². The smallest absolute Gasteiger partial charge is 0.165 e. The van der Waals surface area contributed by atoms with Crippen LogP contribution in [0.2, 0.25) is 0 Å². The van der Waals surface area contributed by atoms with E-state index in [4.69, 9.17) is 0 Å². The normalized spacial score (nSPS) is 17.5. The van der Waals surface area contributed by atoms with Gasteiger partial charge in [-0.25, -0.2) is 0 Å². The summed E-state index contributed by atoms with van der Waals surface area (Å²) in [6, 6.07) is 4.23. The van der Waals surface area contributed by atoms with Crippen molar-refractivity contribution in [3.8, 4) is 0 Å². The largest absolute Gasteiger partial charge is 0.344 e. The average molecular weight is 273 g/mol. The third-order valence-electron chi connectivity index (χ3n) is 3.92. The molecule has 0 fully saturated rings. The van der Waals surface area contributed by atoms with Crippen LogP contribution in [0.15, 0.2) is 22.9 Å². The minimum absolute atomic E-state index is 0.0846. The van der Waals surface area contributed by atoms with Crippen LogP contribution in [0.1, 0.15) is 47.6 Å². The van der Waals surface area contributed by atoms with Gasteiger partial charge < -0.3 is 4.57 Å². The molecule has 2 aromatic rings. The Balaban J connectivity index is 2.04. The van der Waals surface area contributed by atoms with Crippen molar-refractivity contribution >= 4 is 17.1 Å². The lowest BCUT2D eigenvalue weighted by atomic mass is 9.76. The third kappa shape index (κ3) is 2.27. The van der Waals surface area contributed by atoms with Crippen molar-refractivity contribution in [2.75, 3.05) is 0 Å². The molecule has 2 nitrogen and oxygen atoms in total. The monoisotopic (exact) mass is 273 g/mol. The summed E-state index contributed by atoms with van der Waals surface area (Å²) in [7, 11) is 0. The Kier molecular flexibility index (Phi) is 2.90. The van der Waals surface area contributed by atoms with Gasteiger partial charge in [0, 0.05) is 29.9 Å². The van der Waals surface area contributed by atoms with Crippen molar-refractivity contribution < 1.29 is 4.79 Å². The standard InChI is InChI=1S/C16H19NOS/c1-11-6-13-14(7-16(2,3)8-15(13)18)17(11)9-12-4-5-19-10-12/h4-6,10H,7-9H2,1-3H3. The average Bonchev–Trinajstić information content (AvgIpc) is 2.90. The molecule has 3 heteroatoms. The Morgan fingerprint density at radius 3 is 2.84 bits per heavy atom. The molecule has 0 saturated heterocycles. The first kappa shape index (κ1) is 12.7. The molecule has 1 aliphatic carbocycles. The Labute approximate surface area is 118 Å². The maximum atomic E-state index is 12.3. The van der Waals surface area contributed by atoms with E-state index in [9.17, 15) is 4.79 Å². The highest BCUT2D eigenvalue weighted by atomic mass is 32.1. The number of fused-ring (bicyclic) bond motifs is 1. The molecular formula is C16H19NOS. The minimum Gasteiger partial charge on any atom is -0.344 e. The molecule has 0 aromatic carbocycles. The van der Waals surface area contributed by atoms with Crippen LogP contribution in [0.3, 0.4) is 0 Å². The fraction of sp³-hybridized carbons (Fsp3) is 0.438. The van der Waals surface area contributed by atoms with E-state index in [0.29, 0.717) is 12.2 Å². The number of thiophene rings is 1. The zero-order chi connectivity index (χ0) is 13.6. The van der Waals surface area contributed by atoms with Crippen LogP contribution in [0.25, 0.3) is 0 Å². The Morgan fingerprint density at radius 1 is 1.37 bits per heavy atom. The number of nitrogens with zero attached hydrogens (tertiary/aromatic N) is 1. The lowest BCUT2D eigenvalue weighted by Gasteiger charge is -2.29. The summed E-state index contributed by atoms with van der Waals surface area (Å²) in [6.07, 6.45) is 1.66. The molecule has 0 bridgehead atoms. The van der Waals surface area contributed by atoms with Crippen LogP contribution >= 0.6 is 11.3 Å². The van der Waals surface area contributed by atoms with Gasteiger partial charge in [-0.05, 0) is 47.2 Å². The van der Waals surface area contributed by atoms with Crippen LogP contribution < -0.4 is 0 Å². The molecule has 0 aliphatic heterocycles. The van der Waals surface area contributed by atoms with Gasteiger partial charge >= 0.3 is 0 Å². The first-order valence-corrected chi connectivity index (χ1v) is 7.64. The van der Waals surface area contributed by atoms with E-state index < -0.39 is 0 Å². The van der Waals surface area contributed by atoms with E-state index >= 15 is 0 Å². The van der Waals surface area contributed by atoms with E-state index in [1.54, 1.807) is 11.3 Å². The SMILES string of the molecule is Cc1cc2c(n1Cc1ccsc1)CC(C)(C)CC2=O. The van der Waals surface area contributed by atoms with Gasteiger partial charge in [-0.1, -0.05) is 13.8 Å². The summed E-state index contributed by atoms with van der Waals surface area (Å²) < 4.78 is 2.32. The molecule has 0 N–H and O–H groups in total.